The van der Waals surface area contributed by atoms with Gasteiger partial charge in [0.1, 0.15) is 0 Å². The van der Waals surface area contributed by atoms with Gasteiger partial charge in [0.05, 0.1) is 17.5 Å². The van der Waals surface area contributed by atoms with E-state index in [-0.39, 0.29) is 11.9 Å². The van der Waals surface area contributed by atoms with Gasteiger partial charge in [-0.25, -0.2) is 4.68 Å². The Balaban J connectivity index is 1.71. The molecule has 2 rings (SSSR count). The van der Waals surface area contributed by atoms with Gasteiger partial charge in [-0.3, -0.25) is 4.79 Å². The van der Waals surface area contributed by atoms with Crippen molar-refractivity contribution in [2.75, 3.05) is 5.75 Å². The number of hydrogen-bond acceptors (Lipinski definition) is 5. The SMILES string of the molecule is Cc1ccc(CNC(=O)CSCc2nnnn2C(C)C)cc1. The summed E-state index contributed by atoms with van der Waals surface area (Å²) in [5, 5.41) is 14.5. The fourth-order valence-corrected chi connectivity index (χ4v) is 2.66. The second-order valence-electron chi connectivity index (χ2n) is 5.39. The predicted molar refractivity (Wildman–Crippen MR) is 87.4 cm³/mol. The minimum absolute atomic E-state index is 0.0224. The lowest BCUT2D eigenvalue weighted by molar-refractivity contribution is -0.118. The molecule has 0 atom stereocenters. The van der Waals surface area contributed by atoms with Gasteiger partial charge >= 0.3 is 0 Å². The van der Waals surface area contributed by atoms with Crippen molar-refractivity contribution in [1.82, 2.24) is 25.5 Å². The van der Waals surface area contributed by atoms with E-state index in [0.717, 1.165) is 11.4 Å². The Kier molecular flexibility index (Phi) is 5.94. The third kappa shape index (κ3) is 4.84. The molecule has 0 radical (unpaired) electrons. The van der Waals surface area contributed by atoms with Crippen molar-refractivity contribution >= 4 is 17.7 Å². The topological polar surface area (TPSA) is 72.7 Å². The molecule has 0 fully saturated rings. The number of nitrogens with zero attached hydrogens (tertiary/aromatic N) is 4. The zero-order valence-electron chi connectivity index (χ0n) is 13.1. The van der Waals surface area contributed by atoms with Crippen LogP contribution in [0.3, 0.4) is 0 Å². The van der Waals surface area contributed by atoms with Gasteiger partial charge in [0.25, 0.3) is 0 Å². The van der Waals surface area contributed by atoms with Crippen molar-refractivity contribution in [3.05, 3.63) is 41.2 Å². The van der Waals surface area contributed by atoms with Crippen molar-refractivity contribution in [3.63, 3.8) is 0 Å². The van der Waals surface area contributed by atoms with Crippen LogP contribution in [0.15, 0.2) is 24.3 Å². The molecular weight excluding hydrogens is 298 g/mol. The minimum atomic E-state index is 0.0224. The maximum absolute atomic E-state index is 11.8. The number of hydrogen-bond donors (Lipinski definition) is 1. The number of rotatable bonds is 7. The Morgan fingerprint density at radius 1 is 1.32 bits per heavy atom. The van der Waals surface area contributed by atoms with Gasteiger partial charge in [0.2, 0.25) is 5.91 Å². The summed E-state index contributed by atoms with van der Waals surface area (Å²) in [6.45, 7) is 6.66. The lowest BCUT2D eigenvalue weighted by Gasteiger charge is -2.08. The first-order valence-electron chi connectivity index (χ1n) is 7.23. The highest BCUT2D eigenvalue weighted by atomic mass is 32.2. The molecule has 0 aliphatic carbocycles. The predicted octanol–water partition coefficient (Wildman–Crippen LogP) is 2.11. The van der Waals surface area contributed by atoms with E-state index < -0.39 is 0 Å². The highest BCUT2D eigenvalue weighted by Crippen LogP contribution is 2.12. The molecule has 0 saturated heterocycles. The van der Waals surface area contributed by atoms with Crippen LogP contribution in [-0.2, 0) is 17.1 Å². The number of aryl methyl sites for hydroxylation is 1. The van der Waals surface area contributed by atoms with Crippen molar-refractivity contribution in [2.45, 2.75) is 39.1 Å². The summed E-state index contributed by atoms with van der Waals surface area (Å²) < 4.78 is 1.78. The van der Waals surface area contributed by atoms with Gasteiger partial charge in [0, 0.05) is 6.54 Å². The molecule has 1 amide bonds. The Labute approximate surface area is 134 Å². The summed E-state index contributed by atoms with van der Waals surface area (Å²) in [6.07, 6.45) is 0. The number of nitrogens with one attached hydrogen (secondary N) is 1. The maximum atomic E-state index is 11.8. The molecule has 1 heterocycles. The van der Waals surface area contributed by atoms with Gasteiger partial charge in [-0.15, -0.1) is 16.9 Å². The van der Waals surface area contributed by atoms with E-state index in [1.807, 2.05) is 45.0 Å². The smallest absolute Gasteiger partial charge is 0.230 e. The lowest BCUT2D eigenvalue weighted by Crippen LogP contribution is -2.24. The van der Waals surface area contributed by atoms with E-state index in [1.54, 1.807) is 4.68 Å². The van der Waals surface area contributed by atoms with Crippen LogP contribution >= 0.6 is 11.8 Å². The first kappa shape index (κ1) is 16.5. The van der Waals surface area contributed by atoms with Crippen LogP contribution in [0.1, 0.15) is 36.8 Å². The molecule has 1 N–H and O–H groups in total. The molecule has 6 nitrogen and oxygen atoms in total. The average Bonchev–Trinajstić information content (AvgIpc) is 2.95. The van der Waals surface area contributed by atoms with Crippen LogP contribution < -0.4 is 5.32 Å². The standard InChI is InChI=1S/C15H21N5OS/c1-11(2)20-14(17-18-19-20)9-22-10-15(21)16-8-13-6-4-12(3)5-7-13/h4-7,11H,8-10H2,1-3H3,(H,16,21). The van der Waals surface area contributed by atoms with E-state index in [4.69, 9.17) is 0 Å². The van der Waals surface area contributed by atoms with Gasteiger partial charge in [-0.1, -0.05) is 29.8 Å². The van der Waals surface area contributed by atoms with E-state index in [9.17, 15) is 4.79 Å². The summed E-state index contributed by atoms with van der Waals surface area (Å²) >= 11 is 1.51. The molecule has 1 aromatic carbocycles. The number of carbonyl (C=O) groups excluding carboxylic acids is 1. The lowest BCUT2D eigenvalue weighted by atomic mass is 10.1. The van der Waals surface area contributed by atoms with E-state index in [2.05, 4.69) is 20.8 Å². The molecule has 2 aromatic rings. The summed E-state index contributed by atoms with van der Waals surface area (Å²) in [5.41, 5.74) is 2.32. The average molecular weight is 319 g/mol. The number of tetrazole rings is 1. The molecule has 0 saturated carbocycles. The number of amides is 1. The molecular formula is C15H21N5OS. The summed E-state index contributed by atoms with van der Waals surface area (Å²) in [4.78, 5) is 11.8. The molecule has 0 bridgehead atoms. The summed E-state index contributed by atoms with van der Waals surface area (Å²) in [6, 6.07) is 8.37. The zero-order valence-corrected chi connectivity index (χ0v) is 13.9. The van der Waals surface area contributed by atoms with Crippen molar-refractivity contribution < 1.29 is 4.79 Å². The fourth-order valence-electron chi connectivity index (χ4n) is 1.90. The Morgan fingerprint density at radius 3 is 2.73 bits per heavy atom. The van der Waals surface area contributed by atoms with Crippen LogP contribution in [-0.4, -0.2) is 31.9 Å². The van der Waals surface area contributed by atoms with E-state index in [0.29, 0.717) is 18.1 Å². The second kappa shape index (κ2) is 7.93. The first-order valence-corrected chi connectivity index (χ1v) is 8.38. The molecule has 118 valence electrons. The third-order valence-corrected chi connectivity index (χ3v) is 4.05. The number of carbonyl (C=O) groups is 1. The number of thioether (sulfide) groups is 1. The summed E-state index contributed by atoms with van der Waals surface area (Å²) in [7, 11) is 0. The quantitative estimate of drug-likeness (QED) is 0.846. The Bertz CT molecular complexity index is 609. The maximum Gasteiger partial charge on any atom is 0.230 e. The van der Waals surface area contributed by atoms with E-state index >= 15 is 0 Å². The molecule has 0 aliphatic heterocycles. The van der Waals surface area contributed by atoms with Crippen molar-refractivity contribution in [3.8, 4) is 0 Å². The molecule has 0 spiro atoms. The normalized spacial score (nSPS) is 10.9. The minimum Gasteiger partial charge on any atom is -0.351 e. The third-order valence-electron chi connectivity index (χ3n) is 3.12. The number of benzene rings is 1. The van der Waals surface area contributed by atoms with E-state index in [1.165, 1.54) is 17.3 Å². The van der Waals surface area contributed by atoms with Gasteiger partial charge in [0.15, 0.2) is 5.82 Å². The molecule has 0 aliphatic rings. The van der Waals surface area contributed by atoms with Gasteiger partial charge < -0.3 is 5.32 Å². The summed E-state index contributed by atoms with van der Waals surface area (Å²) in [5.74, 6) is 1.85. The van der Waals surface area contributed by atoms with Crippen molar-refractivity contribution in [1.29, 1.82) is 0 Å². The van der Waals surface area contributed by atoms with Crippen molar-refractivity contribution in [2.24, 2.45) is 0 Å². The molecule has 1 aromatic heterocycles. The number of aromatic nitrogens is 4. The largest absolute Gasteiger partial charge is 0.351 e. The molecule has 0 unspecified atom stereocenters. The van der Waals surface area contributed by atoms with Crippen LogP contribution in [0, 0.1) is 6.92 Å². The zero-order chi connectivity index (χ0) is 15.9. The van der Waals surface area contributed by atoms with Crippen LogP contribution in [0.2, 0.25) is 0 Å². The highest BCUT2D eigenvalue weighted by molar-refractivity contribution is 7.99. The van der Waals surface area contributed by atoms with Gasteiger partial charge in [-0.2, -0.15) is 0 Å². The van der Waals surface area contributed by atoms with Crippen LogP contribution in [0.25, 0.3) is 0 Å². The Hall–Kier alpha value is -1.89. The van der Waals surface area contributed by atoms with Crippen LogP contribution in [0.4, 0.5) is 0 Å². The first-order chi connectivity index (χ1) is 10.6. The molecule has 22 heavy (non-hydrogen) atoms. The highest BCUT2D eigenvalue weighted by Gasteiger charge is 2.10. The monoisotopic (exact) mass is 319 g/mol. The van der Waals surface area contributed by atoms with Crippen LogP contribution in [0.5, 0.6) is 0 Å². The Morgan fingerprint density at radius 2 is 2.05 bits per heavy atom. The van der Waals surface area contributed by atoms with Gasteiger partial charge in [-0.05, 0) is 36.8 Å². The molecule has 7 heteroatoms. The second-order valence-corrected chi connectivity index (χ2v) is 6.37. The fraction of sp³-hybridized carbons (Fsp3) is 0.467.